The van der Waals surface area contributed by atoms with Gasteiger partial charge in [0.1, 0.15) is 5.76 Å². The van der Waals surface area contributed by atoms with E-state index >= 15 is 0 Å². The molecule has 1 fully saturated rings. The van der Waals surface area contributed by atoms with Crippen LogP contribution in [-0.4, -0.2) is 31.9 Å². The number of likely N-dealkylation sites (N-methyl/N-ethyl adjacent to an activating group) is 1. The van der Waals surface area contributed by atoms with Gasteiger partial charge in [-0.2, -0.15) is 0 Å². The van der Waals surface area contributed by atoms with E-state index in [1.807, 2.05) is 7.11 Å². The van der Waals surface area contributed by atoms with Gasteiger partial charge in [0.15, 0.2) is 0 Å². The Morgan fingerprint density at radius 3 is 2.74 bits per heavy atom. The molecule has 1 atom stereocenters. The summed E-state index contributed by atoms with van der Waals surface area (Å²) in [5.74, 6) is 1.94. The molecule has 0 radical (unpaired) electrons. The molecule has 0 aromatic rings. The first-order valence-electron chi connectivity index (χ1n) is 7.83. The Hall–Kier alpha value is -0.540. The van der Waals surface area contributed by atoms with E-state index in [1.165, 1.54) is 12.8 Å². The molecular weight excluding hydrogens is 238 g/mol. The topological polar surface area (TPSA) is 30.5 Å². The van der Waals surface area contributed by atoms with E-state index in [1.54, 1.807) is 0 Å². The maximum absolute atomic E-state index is 6.01. The summed E-state index contributed by atoms with van der Waals surface area (Å²) in [6, 6.07) is 0.218. The minimum Gasteiger partial charge on any atom is -0.496 e. The molecule has 3 nitrogen and oxygen atoms in total. The van der Waals surface area contributed by atoms with E-state index in [-0.39, 0.29) is 11.6 Å². The van der Waals surface area contributed by atoms with Crippen LogP contribution in [0, 0.1) is 5.92 Å². The van der Waals surface area contributed by atoms with Crippen molar-refractivity contribution in [3.05, 3.63) is 11.8 Å². The molecule has 0 saturated heterocycles. The standard InChI is InChI=1S/C16H29NO2/c1-4-17-15(14-7-5-6-12-19-14)16(18-3)10-8-13(2)9-11-16/h7,13,15,17H,4-6,8-12H2,1-3H3. The fourth-order valence-corrected chi connectivity index (χ4v) is 3.39. The monoisotopic (exact) mass is 267 g/mol. The summed E-state index contributed by atoms with van der Waals surface area (Å²) >= 11 is 0. The lowest BCUT2D eigenvalue weighted by Gasteiger charge is -2.45. The van der Waals surface area contributed by atoms with Gasteiger partial charge in [-0.3, -0.25) is 0 Å². The van der Waals surface area contributed by atoms with E-state index < -0.39 is 0 Å². The van der Waals surface area contributed by atoms with Gasteiger partial charge < -0.3 is 14.8 Å². The predicted molar refractivity (Wildman–Crippen MR) is 78.1 cm³/mol. The number of hydrogen-bond acceptors (Lipinski definition) is 3. The van der Waals surface area contributed by atoms with Crippen LogP contribution in [-0.2, 0) is 9.47 Å². The molecule has 0 aromatic heterocycles. The van der Waals surface area contributed by atoms with Crippen molar-refractivity contribution in [3.8, 4) is 0 Å². The molecule has 1 saturated carbocycles. The average Bonchev–Trinajstić information content (AvgIpc) is 2.47. The number of hydrogen-bond donors (Lipinski definition) is 1. The first kappa shape index (κ1) is 14.9. The molecule has 1 unspecified atom stereocenters. The normalized spacial score (nSPS) is 33.4. The van der Waals surface area contributed by atoms with Gasteiger partial charge in [-0.1, -0.05) is 13.8 Å². The van der Waals surface area contributed by atoms with Gasteiger partial charge in [0.05, 0.1) is 18.2 Å². The van der Waals surface area contributed by atoms with E-state index in [9.17, 15) is 0 Å². The summed E-state index contributed by atoms with van der Waals surface area (Å²) in [7, 11) is 1.86. The van der Waals surface area contributed by atoms with Gasteiger partial charge in [-0.25, -0.2) is 0 Å². The lowest BCUT2D eigenvalue weighted by atomic mass is 9.74. The summed E-state index contributed by atoms with van der Waals surface area (Å²) in [5, 5.41) is 3.61. The van der Waals surface area contributed by atoms with Crippen LogP contribution in [0.4, 0.5) is 0 Å². The molecule has 1 aliphatic heterocycles. The third kappa shape index (κ3) is 3.32. The summed E-state index contributed by atoms with van der Waals surface area (Å²) in [4.78, 5) is 0. The molecule has 0 spiro atoms. The van der Waals surface area contributed by atoms with Crippen LogP contribution in [0.5, 0.6) is 0 Å². The number of nitrogens with one attached hydrogen (secondary N) is 1. The van der Waals surface area contributed by atoms with E-state index in [0.717, 1.165) is 50.5 Å². The molecule has 1 heterocycles. The van der Waals surface area contributed by atoms with Crippen LogP contribution in [0.1, 0.15) is 52.4 Å². The highest BCUT2D eigenvalue weighted by atomic mass is 16.5. The van der Waals surface area contributed by atoms with Gasteiger partial charge in [-0.15, -0.1) is 0 Å². The van der Waals surface area contributed by atoms with Crippen molar-refractivity contribution in [2.24, 2.45) is 5.92 Å². The first-order chi connectivity index (χ1) is 9.22. The van der Waals surface area contributed by atoms with Crippen LogP contribution in [0.25, 0.3) is 0 Å². The highest BCUT2D eigenvalue weighted by Crippen LogP contribution is 2.39. The number of ether oxygens (including phenoxy) is 2. The second kappa shape index (κ2) is 6.76. The summed E-state index contributed by atoms with van der Waals surface area (Å²) in [5.41, 5.74) is -0.0777. The number of methoxy groups -OCH3 is 1. The highest BCUT2D eigenvalue weighted by Gasteiger charge is 2.43. The molecular formula is C16H29NO2. The Balaban J connectivity index is 2.17. The molecule has 2 aliphatic rings. The number of rotatable bonds is 5. The Morgan fingerprint density at radius 1 is 1.47 bits per heavy atom. The van der Waals surface area contributed by atoms with Gasteiger partial charge in [0.25, 0.3) is 0 Å². The molecule has 2 rings (SSSR count). The quantitative estimate of drug-likeness (QED) is 0.829. The zero-order valence-corrected chi connectivity index (χ0v) is 12.7. The molecule has 110 valence electrons. The molecule has 3 heteroatoms. The molecule has 19 heavy (non-hydrogen) atoms. The van der Waals surface area contributed by atoms with Gasteiger partial charge >= 0.3 is 0 Å². The Kier molecular flexibility index (Phi) is 5.28. The van der Waals surface area contributed by atoms with E-state index in [0.29, 0.717) is 0 Å². The lowest BCUT2D eigenvalue weighted by Crippen LogP contribution is -2.55. The van der Waals surface area contributed by atoms with E-state index in [2.05, 4.69) is 25.2 Å². The predicted octanol–water partition coefficient (Wildman–Crippen LogP) is 3.25. The minimum absolute atomic E-state index is 0.0777. The molecule has 0 aromatic carbocycles. The van der Waals surface area contributed by atoms with Crippen LogP contribution in [0.3, 0.4) is 0 Å². The first-order valence-corrected chi connectivity index (χ1v) is 7.83. The van der Waals surface area contributed by atoms with Crippen LogP contribution in [0.15, 0.2) is 11.8 Å². The third-order valence-corrected chi connectivity index (χ3v) is 4.71. The Labute approximate surface area is 117 Å². The van der Waals surface area contributed by atoms with Crippen molar-refractivity contribution in [1.82, 2.24) is 5.32 Å². The molecule has 0 bridgehead atoms. The van der Waals surface area contributed by atoms with Crippen molar-refractivity contribution in [2.75, 3.05) is 20.3 Å². The maximum Gasteiger partial charge on any atom is 0.112 e. The average molecular weight is 267 g/mol. The SMILES string of the molecule is CCNC(C1=CCCCO1)C1(OC)CCC(C)CC1. The van der Waals surface area contributed by atoms with Crippen molar-refractivity contribution in [3.63, 3.8) is 0 Å². The fourth-order valence-electron chi connectivity index (χ4n) is 3.39. The smallest absolute Gasteiger partial charge is 0.112 e. The zero-order valence-electron chi connectivity index (χ0n) is 12.7. The van der Waals surface area contributed by atoms with E-state index in [4.69, 9.17) is 9.47 Å². The zero-order chi connectivity index (χ0) is 13.7. The van der Waals surface area contributed by atoms with Gasteiger partial charge in [0.2, 0.25) is 0 Å². The Morgan fingerprint density at radius 2 is 2.21 bits per heavy atom. The highest BCUT2D eigenvalue weighted by molar-refractivity contribution is 5.14. The van der Waals surface area contributed by atoms with Gasteiger partial charge in [0, 0.05) is 7.11 Å². The summed E-state index contributed by atoms with van der Waals surface area (Å²) in [6.45, 7) is 6.30. The largest absolute Gasteiger partial charge is 0.496 e. The molecule has 1 N–H and O–H groups in total. The van der Waals surface area contributed by atoms with Crippen LogP contribution >= 0.6 is 0 Å². The summed E-state index contributed by atoms with van der Waals surface area (Å²) < 4.78 is 11.9. The van der Waals surface area contributed by atoms with Crippen molar-refractivity contribution in [2.45, 2.75) is 64.0 Å². The second-order valence-electron chi connectivity index (χ2n) is 6.04. The van der Waals surface area contributed by atoms with Gasteiger partial charge in [-0.05, 0) is 57.1 Å². The minimum atomic E-state index is -0.0777. The lowest BCUT2D eigenvalue weighted by molar-refractivity contribution is -0.0778. The van der Waals surface area contributed by atoms with Crippen molar-refractivity contribution >= 4 is 0 Å². The summed E-state index contributed by atoms with van der Waals surface area (Å²) in [6.07, 6.45) is 9.29. The fraction of sp³-hybridized carbons (Fsp3) is 0.875. The molecule has 1 aliphatic carbocycles. The van der Waals surface area contributed by atoms with Crippen molar-refractivity contribution in [1.29, 1.82) is 0 Å². The van der Waals surface area contributed by atoms with Crippen molar-refractivity contribution < 1.29 is 9.47 Å². The van der Waals surface area contributed by atoms with Crippen LogP contribution in [0.2, 0.25) is 0 Å². The molecule has 0 amide bonds. The number of allylic oxidation sites excluding steroid dienone is 1. The van der Waals surface area contributed by atoms with Crippen LogP contribution < -0.4 is 5.32 Å². The maximum atomic E-state index is 6.01. The second-order valence-corrected chi connectivity index (χ2v) is 6.04. The third-order valence-electron chi connectivity index (χ3n) is 4.71. The Bertz CT molecular complexity index is 306.